The molecule has 1 aromatic carbocycles. The lowest BCUT2D eigenvalue weighted by Gasteiger charge is -2.22. The van der Waals surface area contributed by atoms with Gasteiger partial charge in [0.25, 0.3) is 11.8 Å². The molecule has 0 spiro atoms. The standard InChI is InChI=1S/C22H25N3O7S/c26-20(23-16-6-3-7-17(14-16)33(29,30)24-10-1-2-11-24)15-32-22(28)18-8-4-12-25(18)21(27)19-9-5-13-31-19/h3,5-7,9,13-14,18H,1-2,4,8,10-12,15H2,(H,23,26). The van der Waals surface area contributed by atoms with Crippen molar-refractivity contribution in [3.63, 3.8) is 0 Å². The molecule has 33 heavy (non-hydrogen) atoms. The fraction of sp³-hybridized carbons (Fsp3) is 0.409. The van der Waals surface area contributed by atoms with Crippen molar-refractivity contribution in [3.05, 3.63) is 48.4 Å². The van der Waals surface area contributed by atoms with Gasteiger partial charge in [-0.1, -0.05) is 6.07 Å². The van der Waals surface area contributed by atoms with Gasteiger partial charge < -0.3 is 19.4 Å². The fourth-order valence-electron chi connectivity index (χ4n) is 4.04. The van der Waals surface area contributed by atoms with Gasteiger partial charge in [0, 0.05) is 25.3 Å². The quantitative estimate of drug-likeness (QED) is 0.606. The number of esters is 1. The largest absolute Gasteiger partial charge is 0.459 e. The summed E-state index contributed by atoms with van der Waals surface area (Å²) in [6, 6.07) is 8.29. The molecule has 10 nitrogen and oxygen atoms in total. The Kier molecular flexibility index (Phi) is 6.80. The first kappa shape index (κ1) is 23.0. The van der Waals surface area contributed by atoms with Crippen molar-refractivity contribution in [1.82, 2.24) is 9.21 Å². The monoisotopic (exact) mass is 475 g/mol. The number of hydrogen-bond acceptors (Lipinski definition) is 7. The lowest BCUT2D eigenvalue weighted by Crippen LogP contribution is -2.42. The van der Waals surface area contributed by atoms with Crippen molar-refractivity contribution in [2.24, 2.45) is 0 Å². The third-order valence-corrected chi connectivity index (χ3v) is 7.58. The van der Waals surface area contributed by atoms with Crippen LogP contribution in [0.15, 0.2) is 52.0 Å². The fourth-order valence-corrected chi connectivity index (χ4v) is 5.60. The molecule has 4 rings (SSSR count). The molecule has 0 bridgehead atoms. The summed E-state index contributed by atoms with van der Waals surface area (Å²) in [6.07, 6.45) is 4.10. The topological polar surface area (TPSA) is 126 Å². The van der Waals surface area contributed by atoms with E-state index in [1.807, 2.05) is 0 Å². The molecule has 2 aliphatic heterocycles. The predicted octanol–water partition coefficient (Wildman–Crippen LogP) is 1.85. The molecule has 2 aliphatic rings. The number of sulfonamides is 1. The number of anilines is 1. The number of carbonyl (C=O) groups excluding carboxylic acids is 3. The van der Waals surface area contributed by atoms with Gasteiger partial charge in [-0.05, 0) is 56.0 Å². The molecule has 2 saturated heterocycles. The summed E-state index contributed by atoms with van der Waals surface area (Å²) in [5, 5.41) is 2.55. The van der Waals surface area contributed by atoms with Crippen LogP contribution in [-0.4, -0.2) is 67.7 Å². The highest BCUT2D eigenvalue weighted by Gasteiger charge is 2.37. The van der Waals surface area contributed by atoms with Crippen molar-refractivity contribution >= 4 is 33.5 Å². The number of nitrogens with zero attached hydrogens (tertiary/aromatic N) is 2. The molecule has 2 fully saturated rings. The Labute approximate surface area is 191 Å². The summed E-state index contributed by atoms with van der Waals surface area (Å²) >= 11 is 0. The maximum Gasteiger partial charge on any atom is 0.329 e. The van der Waals surface area contributed by atoms with Crippen LogP contribution in [0.3, 0.4) is 0 Å². The Morgan fingerprint density at radius 2 is 1.85 bits per heavy atom. The Morgan fingerprint density at radius 1 is 1.06 bits per heavy atom. The molecule has 3 heterocycles. The predicted molar refractivity (Wildman–Crippen MR) is 117 cm³/mol. The van der Waals surface area contributed by atoms with Crippen LogP contribution in [0.1, 0.15) is 36.2 Å². The van der Waals surface area contributed by atoms with Crippen LogP contribution in [0.2, 0.25) is 0 Å². The van der Waals surface area contributed by atoms with Crippen LogP contribution in [0.4, 0.5) is 5.69 Å². The Morgan fingerprint density at radius 3 is 2.58 bits per heavy atom. The van der Waals surface area contributed by atoms with E-state index in [9.17, 15) is 22.8 Å². The summed E-state index contributed by atoms with van der Waals surface area (Å²) in [6.45, 7) is 0.802. The second-order valence-electron chi connectivity index (χ2n) is 7.93. The third-order valence-electron chi connectivity index (χ3n) is 5.68. The Balaban J connectivity index is 1.33. The lowest BCUT2D eigenvalue weighted by atomic mass is 10.2. The maximum atomic E-state index is 12.7. The van der Waals surface area contributed by atoms with Gasteiger partial charge in [0.1, 0.15) is 6.04 Å². The number of amides is 2. The highest BCUT2D eigenvalue weighted by atomic mass is 32.2. The van der Waals surface area contributed by atoms with Gasteiger partial charge in [0.2, 0.25) is 10.0 Å². The molecule has 2 amide bonds. The van der Waals surface area contributed by atoms with Crippen molar-refractivity contribution in [1.29, 1.82) is 0 Å². The van der Waals surface area contributed by atoms with Gasteiger partial charge in [-0.2, -0.15) is 4.31 Å². The van der Waals surface area contributed by atoms with Crippen LogP contribution in [0.5, 0.6) is 0 Å². The maximum absolute atomic E-state index is 12.7. The SMILES string of the molecule is O=C(COC(=O)C1CCCN1C(=O)c1ccco1)Nc1cccc(S(=O)(=O)N2CCCC2)c1. The smallest absolute Gasteiger partial charge is 0.329 e. The van der Waals surface area contributed by atoms with E-state index >= 15 is 0 Å². The summed E-state index contributed by atoms with van der Waals surface area (Å²) in [5.41, 5.74) is 0.284. The zero-order valence-corrected chi connectivity index (χ0v) is 18.8. The van der Waals surface area contributed by atoms with Crippen LogP contribution in [0, 0.1) is 0 Å². The van der Waals surface area contributed by atoms with Gasteiger partial charge >= 0.3 is 5.97 Å². The molecule has 0 radical (unpaired) electrons. The van der Waals surface area contributed by atoms with E-state index in [1.165, 1.54) is 33.7 Å². The average Bonchev–Trinajstić information content (AvgIpc) is 3.58. The van der Waals surface area contributed by atoms with Crippen molar-refractivity contribution in [2.75, 3.05) is 31.6 Å². The minimum Gasteiger partial charge on any atom is -0.459 e. The van der Waals surface area contributed by atoms with E-state index < -0.39 is 40.5 Å². The van der Waals surface area contributed by atoms with Crippen molar-refractivity contribution in [3.8, 4) is 0 Å². The second-order valence-corrected chi connectivity index (χ2v) is 9.87. The minimum absolute atomic E-state index is 0.0947. The summed E-state index contributed by atoms with van der Waals surface area (Å²) < 4.78 is 37.1. The van der Waals surface area contributed by atoms with E-state index in [0.29, 0.717) is 32.5 Å². The average molecular weight is 476 g/mol. The highest BCUT2D eigenvalue weighted by Crippen LogP contribution is 2.24. The highest BCUT2D eigenvalue weighted by molar-refractivity contribution is 7.89. The first-order valence-electron chi connectivity index (χ1n) is 10.8. The summed E-state index contributed by atoms with van der Waals surface area (Å²) in [4.78, 5) is 38.8. The molecule has 1 unspecified atom stereocenters. The summed E-state index contributed by atoms with van der Waals surface area (Å²) in [5.74, 6) is -1.55. The van der Waals surface area contributed by atoms with E-state index in [-0.39, 0.29) is 16.3 Å². The van der Waals surface area contributed by atoms with E-state index in [0.717, 1.165) is 12.8 Å². The van der Waals surface area contributed by atoms with Crippen LogP contribution < -0.4 is 5.32 Å². The third kappa shape index (κ3) is 5.09. The van der Waals surface area contributed by atoms with Crippen molar-refractivity contribution in [2.45, 2.75) is 36.6 Å². The Bertz CT molecular complexity index is 1120. The molecular formula is C22H25N3O7S. The molecule has 1 aromatic heterocycles. The zero-order valence-electron chi connectivity index (χ0n) is 17.9. The first-order valence-corrected chi connectivity index (χ1v) is 12.2. The molecule has 0 saturated carbocycles. The van der Waals surface area contributed by atoms with Gasteiger partial charge in [0.15, 0.2) is 12.4 Å². The normalized spacial score (nSPS) is 18.9. The molecule has 1 N–H and O–H groups in total. The molecule has 0 aliphatic carbocycles. The van der Waals surface area contributed by atoms with Gasteiger partial charge in [-0.25, -0.2) is 13.2 Å². The number of rotatable bonds is 7. The molecule has 2 aromatic rings. The van der Waals surface area contributed by atoms with Crippen LogP contribution >= 0.6 is 0 Å². The number of nitrogens with one attached hydrogen (secondary N) is 1. The number of likely N-dealkylation sites (tertiary alicyclic amines) is 1. The Hall–Kier alpha value is -3.18. The molecule has 11 heteroatoms. The lowest BCUT2D eigenvalue weighted by molar-refractivity contribution is -0.151. The van der Waals surface area contributed by atoms with E-state index in [4.69, 9.17) is 9.15 Å². The van der Waals surface area contributed by atoms with Gasteiger partial charge in [0.05, 0.1) is 11.2 Å². The zero-order chi connectivity index (χ0) is 23.4. The summed E-state index contributed by atoms with van der Waals surface area (Å²) in [7, 11) is -3.62. The van der Waals surface area contributed by atoms with Crippen molar-refractivity contribution < 1.29 is 32.0 Å². The number of furan rings is 1. The first-order chi connectivity index (χ1) is 15.9. The minimum atomic E-state index is -3.62. The van der Waals surface area contributed by atoms with Gasteiger partial charge in [-0.15, -0.1) is 0 Å². The van der Waals surface area contributed by atoms with Gasteiger partial charge in [-0.3, -0.25) is 9.59 Å². The van der Waals surface area contributed by atoms with Crippen LogP contribution in [-0.2, 0) is 24.3 Å². The number of hydrogen-bond donors (Lipinski definition) is 1. The number of carbonyl (C=O) groups is 3. The molecule has 176 valence electrons. The number of benzene rings is 1. The van der Waals surface area contributed by atoms with Crippen LogP contribution in [0.25, 0.3) is 0 Å². The van der Waals surface area contributed by atoms with E-state index in [1.54, 1.807) is 18.2 Å². The second kappa shape index (κ2) is 9.75. The van der Waals surface area contributed by atoms with E-state index in [2.05, 4.69) is 5.32 Å². The molecule has 1 atom stereocenters. The molecular weight excluding hydrogens is 450 g/mol. The number of ether oxygens (including phenoxy) is 1.